The zero-order valence-electron chi connectivity index (χ0n) is 32.3. The quantitative estimate of drug-likeness (QED) is 0.0368. The Balaban J connectivity index is 3.85. The molecule has 0 amide bonds. The number of phosphoric ester groups is 1. The second-order valence-corrected chi connectivity index (χ2v) is 16.0. The molecule has 0 rings (SSSR count). The highest BCUT2D eigenvalue weighted by Crippen LogP contribution is 2.36. The maximum atomic E-state index is 12.4. The van der Waals surface area contributed by atoms with Crippen molar-refractivity contribution in [3.63, 3.8) is 0 Å². The van der Waals surface area contributed by atoms with Crippen LogP contribution in [0.5, 0.6) is 0 Å². The molecule has 0 fully saturated rings. The minimum absolute atomic E-state index is 0.219. The second kappa shape index (κ2) is 35.5. The van der Waals surface area contributed by atoms with Gasteiger partial charge >= 0.3 is 19.8 Å². The van der Waals surface area contributed by atoms with E-state index in [4.69, 9.17) is 19.3 Å². The summed E-state index contributed by atoms with van der Waals surface area (Å²) in [5, 5.41) is 0. The van der Waals surface area contributed by atoms with Crippen molar-refractivity contribution in [1.29, 1.82) is 0 Å². The molecule has 9 heteroatoms. The lowest BCUT2D eigenvalue weighted by Crippen LogP contribution is -2.29. The number of carbonyl (C=O) groups excluding carboxylic acids is 2. The van der Waals surface area contributed by atoms with Crippen molar-refractivity contribution in [1.82, 2.24) is 0 Å². The fourth-order valence-corrected chi connectivity index (χ4v) is 6.57. The van der Waals surface area contributed by atoms with E-state index in [0.29, 0.717) is 6.42 Å². The van der Waals surface area contributed by atoms with Crippen LogP contribution in [0.1, 0.15) is 220 Å². The largest absolute Gasteiger partial charge is 0.469 e. The second-order valence-electron chi connectivity index (χ2n) is 14.8. The maximum absolute atomic E-state index is 12.4. The van der Waals surface area contributed by atoms with E-state index in [0.717, 1.165) is 38.0 Å². The van der Waals surface area contributed by atoms with Gasteiger partial charge in [0, 0.05) is 12.8 Å². The molecule has 0 aliphatic rings. The van der Waals surface area contributed by atoms with E-state index in [2.05, 4.69) is 25.3 Å². The lowest BCUT2D eigenvalue weighted by molar-refractivity contribution is -0.161. The first kappa shape index (κ1) is 48.0. The molecule has 0 radical (unpaired) electrons. The zero-order valence-corrected chi connectivity index (χ0v) is 33.2. The molecule has 2 N–H and O–H groups in total. The fourth-order valence-electron chi connectivity index (χ4n) is 6.21. The highest BCUT2D eigenvalue weighted by Gasteiger charge is 2.22. The summed E-state index contributed by atoms with van der Waals surface area (Å²) in [6, 6.07) is 0. The Kier molecular flexibility index (Phi) is 34.8. The Morgan fingerprint density at radius 2 is 0.857 bits per heavy atom. The van der Waals surface area contributed by atoms with Gasteiger partial charge in [-0.25, -0.2) is 4.57 Å². The maximum Gasteiger partial charge on any atom is 0.469 e. The van der Waals surface area contributed by atoms with E-state index in [-0.39, 0.29) is 19.4 Å². The summed E-state index contributed by atoms with van der Waals surface area (Å²) >= 11 is 0. The predicted octanol–water partition coefficient (Wildman–Crippen LogP) is 12.3. The third kappa shape index (κ3) is 39.7. The summed E-state index contributed by atoms with van der Waals surface area (Å²) in [5.74, 6) is -0.0312. The monoisotopic (exact) mass is 719 g/mol. The van der Waals surface area contributed by atoms with Crippen molar-refractivity contribution >= 4 is 19.8 Å². The first-order chi connectivity index (χ1) is 23.6. The lowest BCUT2D eigenvalue weighted by Gasteiger charge is -2.18. The van der Waals surface area contributed by atoms with Crippen LogP contribution in [0, 0.1) is 5.92 Å². The van der Waals surface area contributed by atoms with Gasteiger partial charge in [-0.3, -0.25) is 14.1 Å². The summed E-state index contributed by atoms with van der Waals surface area (Å²) in [7, 11) is -4.74. The molecule has 8 nitrogen and oxygen atoms in total. The van der Waals surface area contributed by atoms with Crippen molar-refractivity contribution < 1.29 is 37.9 Å². The van der Waals surface area contributed by atoms with Gasteiger partial charge in [0.2, 0.25) is 0 Å². The van der Waals surface area contributed by atoms with Gasteiger partial charge in [0.25, 0.3) is 0 Å². The van der Waals surface area contributed by atoms with Crippen LogP contribution in [0.25, 0.3) is 0 Å². The number of esters is 2. The van der Waals surface area contributed by atoms with E-state index >= 15 is 0 Å². The predicted molar refractivity (Wildman–Crippen MR) is 202 cm³/mol. The van der Waals surface area contributed by atoms with E-state index in [1.807, 2.05) is 0 Å². The Morgan fingerprint density at radius 3 is 1.22 bits per heavy atom. The smallest absolute Gasteiger partial charge is 0.462 e. The lowest BCUT2D eigenvalue weighted by atomic mass is 10.0. The van der Waals surface area contributed by atoms with Gasteiger partial charge in [-0.1, -0.05) is 194 Å². The number of unbranched alkanes of at least 4 members (excludes halogenated alkanes) is 26. The van der Waals surface area contributed by atoms with Crippen molar-refractivity contribution in [3.05, 3.63) is 0 Å². The molecular weight excluding hydrogens is 639 g/mol. The molecule has 0 aliphatic carbocycles. The fraction of sp³-hybridized carbons (Fsp3) is 0.950. The van der Waals surface area contributed by atoms with Crippen molar-refractivity contribution in [2.24, 2.45) is 5.92 Å². The van der Waals surface area contributed by atoms with E-state index < -0.39 is 32.5 Å². The van der Waals surface area contributed by atoms with E-state index in [1.54, 1.807) is 0 Å². The molecule has 0 aromatic carbocycles. The summed E-state index contributed by atoms with van der Waals surface area (Å²) in [5.41, 5.74) is 0. The minimum Gasteiger partial charge on any atom is -0.462 e. The number of ether oxygens (including phenoxy) is 2. The Bertz CT molecular complexity index is 784. The van der Waals surface area contributed by atoms with E-state index in [9.17, 15) is 14.2 Å². The molecular formula is C40H79O8P. The van der Waals surface area contributed by atoms with Crippen LogP contribution in [0.3, 0.4) is 0 Å². The number of phosphoric acid groups is 1. The number of rotatable bonds is 38. The SMILES string of the molecule is CCCCCCCCCCCCCCCC(=O)O[C@H](COC(=O)CCCCCCCCCCCCCCCCCC(C)C)COP(=O)(O)O. The average molecular weight is 719 g/mol. The van der Waals surface area contributed by atoms with Crippen LogP contribution >= 0.6 is 7.82 Å². The minimum atomic E-state index is -4.74. The van der Waals surface area contributed by atoms with Crippen LogP contribution in [-0.2, 0) is 28.2 Å². The number of carbonyl (C=O) groups is 2. The van der Waals surface area contributed by atoms with Gasteiger partial charge in [-0.05, 0) is 18.8 Å². The summed E-state index contributed by atoms with van der Waals surface area (Å²) in [4.78, 5) is 42.8. The molecule has 0 aliphatic heterocycles. The molecule has 0 bridgehead atoms. The molecule has 0 spiro atoms. The van der Waals surface area contributed by atoms with Gasteiger partial charge in [-0.15, -0.1) is 0 Å². The highest BCUT2D eigenvalue weighted by molar-refractivity contribution is 7.46. The Labute approximate surface area is 302 Å². The Morgan fingerprint density at radius 1 is 0.510 bits per heavy atom. The molecule has 0 heterocycles. The molecule has 0 aromatic rings. The highest BCUT2D eigenvalue weighted by atomic mass is 31.2. The van der Waals surface area contributed by atoms with Crippen molar-refractivity contribution in [2.45, 2.75) is 226 Å². The van der Waals surface area contributed by atoms with Gasteiger partial charge in [0.15, 0.2) is 6.10 Å². The number of hydrogen-bond donors (Lipinski definition) is 2. The third-order valence-corrected chi connectivity index (χ3v) is 9.79. The van der Waals surface area contributed by atoms with Crippen LogP contribution in [-0.4, -0.2) is 41.0 Å². The first-order valence-electron chi connectivity index (χ1n) is 20.7. The first-order valence-corrected chi connectivity index (χ1v) is 22.2. The van der Waals surface area contributed by atoms with Crippen LogP contribution < -0.4 is 0 Å². The topological polar surface area (TPSA) is 119 Å². The Hall–Kier alpha value is -0.950. The van der Waals surface area contributed by atoms with Crippen molar-refractivity contribution in [3.8, 4) is 0 Å². The van der Waals surface area contributed by atoms with Gasteiger partial charge in [-0.2, -0.15) is 0 Å². The van der Waals surface area contributed by atoms with Crippen LogP contribution in [0.15, 0.2) is 0 Å². The van der Waals surface area contributed by atoms with Gasteiger partial charge < -0.3 is 19.3 Å². The normalized spacial score (nSPS) is 12.4. The van der Waals surface area contributed by atoms with Gasteiger partial charge in [0.05, 0.1) is 6.61 Å². The summed E-state index contributed by atoms with van der Waals surface area (Å²) in [6.07, 6.45) is 35.4. The molecule has 0 aromatic heterocycles. The molecule has 0 saturated carbocycles. The average Bonchev–Trinajstić information content (AvgIpc) is 3.05. The van der Waals surface area contributed by atoms with Crippen LogP contribution in [0.2, 0.25) is 0 Å². The van der Waals surface area contributed by atoms with E-state index in [1.165, 1.54) is 148 Å². The van der Waals surface area contributed by atoms with Crippen LogP contribution in [0.4, 0.5) is 0 Å². The third-order valence-electron chi connectivity index (χ3n) is 9.30. The standard InChI is InChI=1S/C40H79O8P/c1-4-5-6-7-8-9-10-14-19-22-25-28-31-34-40(42)48-38(36-47-49(43,44)45)35-46-39(41)33-30-27-24-21-18-16-13-11-12-15-17-20-23-26-29-32-37(2)3/h37-38H,4-36H2,1-3H3,(H2,43,44,45)/t38-/m1/s1. The van der Waals surface area contributed by atoms with Gasteiger partial charge in [0.1, 0.15) is 6.61 Å². The van der Waals surface area contributed by atoms with Crippen molar-refractivity contribution in [2.75, 3.05) is 13.2 Å². The molecule has 0 saturated heterocycles. The molecule has 1 atom stereocenters. The molecule has 292 valence electrons. The summed E-state index contributed by atoms with van der Waals surface area (Å²) < 4.78 is 26.4. The molecule has 0 unspecified atom stereocenters. The summed E-state index contributed by atoms with van der Waals surface area (Å²) in [6.45, 7) is 6.05. The molecule has 49 heavy (non-hydrogen) atoms. The zero-order chi connectivity index (χ0) is 36.3. The number of hydrogen-bond acceptors (Lipinski definition) is 6.